The van der Waals surface area contributed by atoms with Gasteiger partial charge in [0.25, 0.3) is 5.91 Å². The van der Waals surface area contributed by atoms with Crippen molar-refractivity contribution in [3.8, 4) is 5.75 Å². The summed E-state index contributed by atoms with van der Waals surface area (Å²) in [4.78, 5) is 25.7. The fourth-order valence-electron chi connectivity index (χ4n) is 2.58. The number of hydrogen-bond acceptors (Lipinski definition) is 3. The van der Waals surface area contributed by atoms with E-state index in [0.29, 0.717) is 30.1 Å². The second-order valence-corrected chi connectivity index (χ2v) is 5.46. The van der Waals surface area contributed by atoms with Crippen LogP contribution in [-0.2, 0) is 9.59 Å². The molecule has 1 aliphatic heterocycles. The van der Waals surface area contributed by atoms with Gasteiger partial charge >= 0.3 is 0 Å². The maximum absolute atomic E-state index is 12.8. The second kappa shape index (κ2) is 7.12. The lowest BCUT2D eigenvalue weighted by Crippen LogP contribution is -2.26. The summed E-state index contributed by atoms with van der Waals surface area (Å²) in [5.74, 6) is -0.247. The molecule has 1 fully saturated rings. The number of ether oxygens (including phenoxy) is 1. The van der Waals surface area contributed by atoms with Crippen LogP contribution in [0.1, 0.15) is 12.8 Å². The van der Waals surface area contributed by atoms with Gasteiger partial charge in [-0.05, 0) is 42.8 Å². The van der Waals surface area contributed by atoms with Crippen LogP contribution in [0, 0.1) is 5.82 Å². The molecule has 0 spiro atoms. The molecule has 0 saturated carbocycles. The molecule has 124 valence electrons. The summed E-state index contributed by atoms with van der Waals surface area (Å²) in [5, 5.41) is 2.76. The van der Waals surface area contributed by atoms with E-state index in [4.69, 9.17) is 4.74 Å². The number of benzene rings is 2. The highest BCUT2D eigenvalue weighted by molar-refractivity contribution is 6.02. The first kappa shape index (κ1) is 16.0. The summed E-state index contributed by atoms with van der Waals surface area (Å²) in [5.41, 5.74) is 1.26. The summed E-state index contributed by atoms with van der Waals surface area (Å²) in [6.07, 6.45) is 1.34. The number of anilines is 2. The minimum Gasteiger partial charge on any atom is -0.484 e. The SMILES string of the molecule is O=C(COc1ccc(F)cc1)Nc1ccccc1N1CCCC1=O. The van der Waals surface area contributed by atoms with Gasteiger partial charge in [0.05, 0.1) is 11.4 Å². The molecule has 5 nitrogen and oxygen atoms in total. The third-order valence-corrected chi connectivity index (χ3v) is 3.73. The highest BCUT2D eigenvalue weighted by atomic mass is 19.1. The van der Waals surface area contributed by atoms with Crippen LogP contribution in [0.4, 0.5) is 15.8 Å². The fourth-order valence-corrected chi connectivity index (χ4v) is 2.58. The molecule has 2 aromatic rings. The van der Waals surface area contributed by atoms with Crippen LogP contribution >= 0.6 is 0 Å². The van der Waals surface area contributed by atoms with Crippen LogP contribution in [0.3, 0.4) is 0 Å². The predicted molar refractivity (Wildman–Crippen MR) is 88.6 cm³/mol. The second-order valence-electron chi connectivity index (χ2n) is 5.46. The Bertz CT molecular complexity index is 746. The molecule has 0 bridgehead atoms. The van der Waals surface area contributed by atoms with Crippen molar-refractivity contribution >= 4 is 23.2 Å². The number of nitrogens with one attached hydrogen (secondary N) is 1. The molecule has 0 aromatic heterocycles. The van der Waals surface area contributed by atoms with Crippen molar-refractivity contribution in [1.29, 1.82) is 0 Å². The van der Waals surface area contributed by atoms with E-state index in [1.807, 2.05) is 6.07 Å². The van der Waals surface area contributed by atoms with Crippen LogP contribution in [0.5, 0.6) is 5.75 Å². The molecule has 2 amide bonds. The van der Waals surface area contributed by atoms with Crippen LogP contribution in [0.2, 0.25) is 0 Å². The maximum atomic E-state index is 12.8. The minimum atomic E-state index is -0.365. The largest absolute Gasteiger partial charge is 0.484 e. The Morgan fingerprint density at radius 2 is 1.92 bits per heavy atom. The zero-order valence-electron chi connectivity index (χ0n) is 13.0. The molecule has 24 heavy (non-hydrogen) atoms. The molecule has 2 aromatic carbocycles. The third-order valence-electron chi connectivity index (χ3n) is 3.73. The molecule has 1 aliphatic rings. The Labute approximate surface area is 139 Å². The lowest BCUT2D eigenvalue weighted by molar-refractivity contribution is -0.118. The Kier molecular flexibility index (Phi) is 4.74. The molecular weight excluding hydrogens is 311 g/mol. The van der Waals surface area contributed by atoms with Gasteiger partial charge in [0.15, 0.2) is 6.61 Å². The smallest absolute Gasteiger partial charge is 0.262 e. The van der Waals surface area contributed by atoms with Gasteiger partial charge in [-0.15, -0.1) is 0 Å². The number of hydrogen-bond donors (Lipinski definition) is 1. The highest BCUT2D eigenvalue weighted by Crippen LogP contribution is 2.29. The van der Waals surface area contributed by atoms with Gasteiger partial charge < -0.3 is 15.0 Å². The summed E-state index contributed by atoms with van der Waals surface area (Å²) < 4.78 is 18.2. The maximum Gasteiger partial charge on any atom is 0.262 e. The van der Waals surface area contributed by atoms with Crippen LogP contribution in [0.25, 0.3) is 0 Å². The highest BCUT2D eigenvalue weighted by Gasteiger charge is 2.24. The lowest BCUT2D eigenvalue weighted by atomic mass is 10.2. The lowest BCUT2D eigenvalue weighted by Gasteiger charge is -2.20. The first-order valence-corrected chi connectivity index (χ1v) is 7.71. The number of amides is 2. The zero-order chi connectivity index (χ0) is 16.9. The molecule has 1 N–H and O–H groups in total. The Hall–Kier alpha value is -2.89. The number of carbonyl (C=O) groups is 2. The van der Waals surface area contributed by atoms with Gasteiger partial charge in [-0.3, -0.25) is 9.59 Å². The van der Waals surface area contributed by atoms with E-state index in [0.717, 1.165) is 6.42 Å². The van der Waals surface area contributed by atoms with E-state index in [1.54, 1.807) is 23.1 Å². The summed E-state index contributed by atoms with van der Waals surface area (Å²) in [7, 11) is 0. The molecule has 6 heteroatoms. The first-order chi connectivity index (χ1) is 11.6. The number of carbonyl (C=O) groups excluding carboxylic acids is 2. The first-order valence-electron chi connectivity index (χ1n) is 7.71. The quantitative estimate of drug-likeness (QED) is 0.918. The van der Waals surface area contributed by atoms with Crippen LogP contribution < -0.4 is 15.0 Å². The van der Waals surface area contributed by atoms with Gasteiger partial charge in [-0.2, -0.15) is 0 Å². The van der Waals surface area contributed by atoms with E-state index in [9.17, 15) is 14.0 Å². The standard InChI is InChI=1S/C18H17FN2O3/c19-13-7-9-14(10-8-13)24-12-17(22)20-15-4-1-2-5-16(15)21-11-3-6-18(21)23/h1-2,4-5,7-10H,3,6,11-12H2,(H,20,22). The van der Waals surface area contributed by atoms with E-state index in [2.05, 4.69) is 5.32 Å². The molecular formula is C18H17FN2O3. The van der Waals surface area contributed by atoms with Crippen molar-refractivity contribution in [3.05, 3.63) is 54.3 Å². The zero-order valence-corrected chi connectivity index (χ0v) is 13.0. The van der Waals surface area contributed by atoms with Gasteiger partial charge in [0, 0.05) is 13.0 Å². The Morgan fingerprint density at radius 3 is 2.62 bits per heavy atom. The number of para-hydroxylation sites is 2. The van der Waals surface area contributed by atoms with Gasteiger partial charge in [-0.25, -0.2) is 4.39 Å². The van der Waals surface area contributed by atoms with Crippen molar-refractivity contribution < 1.29 is 18.7 Å². The Morgan fingerprint density at radius 1 is 1.17 bits per heavy atom. The number of halogens is 1. The van der Waals surface area contributed by atoms with Crippen molar-refractivity contribution in [2.45, 2.75) is 12.8 Å². The molecule has 0 unspecified atom stereocenters. The van der Waals surface area contributed by atoms with Crippen molar-refractivity contribution in [1.82, 2.24) is 0 Å². The van der Waals surface area contributed by atoms with Crippen LogP contribution in [0.15, 0.2) is 48.5 Å². The average molecular weight is 328 g/mol. The number of nitrogens with zero attached hydrogens (tertiary/aromatic N) is 1. The summed E-state index contributed by atoms with van der Waals surface area (Å²) in [6.45, 7) is 0.450. The molecule has 0 radical (unpaired) electrons. The predicted octanol–water partition coefficient (Wildman–Crippen LogP) is 2.97. The Balaban J connectivity index is 1.64. The van der Waals surface area contributed by atoms with E-state index < -0.39 is 0 Å². The summed E-state index contributed by atoms with van der Waals surface area (Å²) >= 11 is 0. The van der Waals surface area contributed by atoms with Crippen LogP contribution in [-0.4, -0.2) is 25.0 Å². The molecule has 0 atom stereocenters. The molecule has 1 saturated heterocycles. The van der Waals surface area contributed by atoms with E-state index >= 15 is 0 Å². The summed E-state index contributed by atoms with van der Waals surface area (Å²) in [6, 6.07) is 12.6. The molecule has 0 aliphatic carbocycles. The fraction of sp³-hybridized carbons (Fsp3) is 0.222. The monoisotopic (exact) mass is 328 g/mol. The third kappa shape index (κ3) is 3.71. The van der Waals surface area contributed by atoms with E-state index in [-0.39, 0.29) is 24.2 Å². The van der Waals surface area contributed by atoms with Crippen molar-refractivity contribution in [2.75, 3.05) is 23.4 Å². The van der Waals surface area contributed by atoms with Gasteiger partial charge in [0.1, 0.15) is 11.6 Å². The topological polar surface area (TPSA) is 58.6 Å². The van der Waals surface area contributed by atoms with Crippen molar-refractivity contribution in [2.24, 2.45) is 0 Å². The normalized spacial score (nSPS) is 13.9. The van der Waals surface area contributed by atoms with E-state index in [1.165, 1.54) is 24.3 Å². The minimum absolute atomic E-state index is 0.0549. The van der Waals surface area contributed by atoms with Gasteiger partial charge in [-0.1, -0.05) is 12.1 Å². The molecule has 1 heterocycles. The number of rotatable bonds is 5. The van der Waals surface area contributed by atoms with Gasteiger partial charge in [0.2, 0.25) is 5.91 Å². The molecule has 3 rings (SSSR count). The average Bonchev–Trinajstić information content (AvgIpc) is 3.01. The van der Waals surface area contributed by atoms with Crippen molar-refractivity contribution in [3.63, 3.8) is 0 Å².